The fourth-order valence-electron chi connectivity index (χ4n) is 2.01. The van der Waals surface area contributed by atoms with Gasteiger partial charge in [-0.25, -0.2) is 8.42 Å². The molecular formula is C17H13ClF3NO3S. The number of hydrogen-bond acceptors (Lipinski definition) is 3. The zero-order chi connectivity index (χ0) is 19.5. The number of rotatable bonds is 4. The average molecular weight is 404 g/mol. The molecule has 0 aliphatic carbocycles. The van der Waals surface area contributed by atoms with Gasteiger partial charge in [0.2, 0.25) is 5.91 Å². The molecule has 0 atom stereocenters. The van der Waals surface area contributed by atoms with Crippen molar-refractivity contribution in [1.29, 1.82) is 0 Å². The van der Waals surface area contributed by atoms with E-state index in [1.54, 1.807) is 0 Å². The van der Waals surface area contributed by atoms with Crippen molar-refractivity contribution in [3.05, 3.63) is 64.7 Å². The highest BCUT2D eigenvalue weighted by atomic mass is 35.5. The minimum absolute atomic E-state index is 0.104. The van der Waals surface area contributed by atoms with Gasteiger partial charge < -0.3 is 5.32 Å². The van der Waals surface area contributed by atoms with E-state index < -0.39 is 32.5 Å². The quantitative estimate of drug-likeness (QED) is 0.769. The Morgan fingerprint density at radius 3 is 2.27 bits per heavy atom. The van der Waals surface area contributed by atoms with E-state index in [-0.39, 0.29) is 10.5 Å². The Bertz CT molecular complexity index is 952. The Balaban J connectivity index is 2.10. The predicted molar refractivity (Wildman–Crippen MR) is 93.7 cm³/mol. The molecule has 9 heteroatoms. The Labute approximate surface area is 153 Å². The molecule has 0 unspecified atom stereocenters. The third-order valence-electron chi connectivity index (χ3n) is 3.27. The van der Waals surface area contributed by atoms with Crippen LogP contribution in [-0.2, 0) is 20.8 Å². The molecule has 0 fully saturated rings. The van der Waals surface area contributed by atoms with Gasteiger partial charge in [0.15, 0.2) is 9.84 Å². The second kappa shape index (κ2) is 7.51. The third-order valence-corrected chi connectivity index (χ3v) is 4.73. The van der Waals surface area contributed by atoms with Crippen molar-refractivity contribution in [2.24, 2.45) is 0 Å². The molecule has 2 aromatic rings. The van der Waals surface area contributed by atoms with E-state index in [1.165, 1.54) is 36.4 Å². The second-order valence-electron chi connectivity index (χ2n) is 5.36. The molecule has 138 valence electrons. The van der Waals surface area contributed by atoms with Crippen LogP contribution in [0.3, 0.4) is 0 Å². The molecular weight excluding hydrogens is 391 g/mol. The van der Waals surface area contributed by atoms with Crippen molar-refractivity contribution in [2.45, 2.75) is 11.1 Å². The lowest BCUT2D eigenvalue weighted by Gasteiger charge is -2.09. The summed E-state index contributed by atoms with van der Waals surface area (Å²) in [5.74, 6) is -0.583. The topological polar surface area (TPSA) is 63.2 Å². The van der Waals surface area contributed by atoms with Gasteiger partial charge in [-0.3, -0.25) is 4.79 Å². The summed E-state index contributed by atoms with van der Waals surface area (Å²) in [7, 11) is -3.34. The number of halogens is 4. The molecule has 1 N–H and O–H groups in total. The highest BCUT2D eigenvalue weighted by Gasteiger charge is 2.33. The van der Waals surface area contributed by atoms with Crippen LogP contribution in [0.2, 0.25) is 5.02 Å². The molecule has 0 aromatic heterocycles. The highest BCUT2D eigenvalue weighted by Crippen LogP contribution is 2.35. The number of carbonyl (C=O) groups excluding carboxylic acids is 1. The lowest BCUT2D eigenvalue weighted by atomic mass is 10.1. The van der Waals surface area contributed by atoms with E-state index in [4.69, 9.17) is 11.6 Å². The lowest BCUT2D eigenvalue weighted by Crippen LogP contribution is -2.08. The molecule has 1 amide bonds. The van der Waals surface area contributed by atoms with Crippen LogP contribution in [0.25, 0.3) is 6.08 Å². The normalized spacial score (nSPS) is 12.3. The van der Waals surface area contributed by atoms with Gasteiger partial charge in [-0.2, -0.15) is 13.2 Å². The van der Waals surface area contributed by atoms with Gasteiger partial charge in [0.25, 0.3) is 0 Å². The first-order chi connectivity index (χ1) is 12.0. The van der Waals surface area contributed by atoms with Crippen LogP contribution in [0.15, 0.2) is 53.4 Å². The number of anilines is 1. The molecule has 26 heavy (non-hydrogen) atoms. The largest absolute Gasteiger partial charge is 0.417 e. The summed E-state index contributed by atoms with van der Waals surface area (Å²) >= 11 is 5.53. The fraction of sp³-hybridized carbons (Fsp3) is 0.118. The Morgan fingerprint density at radius 1 is 1.12 bits per heavy atom. The maximum atomic E-state index is 12.8. The molecule has 2 aromatic carbocycles. The van der Waals surface area contributed by atoms with Crippen LogP contribution < -0.4 is 5.32 Å². The van der Waals surface area contributed by atoms with E-state index in [1.807, 2.05) is 0 Å². The summed E-state index contributed by atoms with van der Waals surface area (Å²) < 4.78 is 61.1. The van der Waals surface area contributed by atoms with Gasteiger partial charge in [0.05, 0.1) is 15.5 Å². The van der Waals surface area contributed by atoms with Crippen molar-refractivity contribution in [3.8, 4) is 0 Å². The number of sulfone groups is 1. The van der Waals surface area contributed by atoms with E-state index in [2.05, 4.69) is 5.32 Å². The second-order valence-corrected chi connectivity index (χ2v) is 7.78. The van der Waals surface area contributed by atoms with Crippen LogP contribution >= 0.6 is 11.6 Å². The lowest BCUT2D eigenvalue weighted by molar-refractivity contribution is -0.137. The molecule has 0 saturated carbocycles. The number of alkyl halides is 3. The Morgan fingerprint density at radius 2 is 1.73 bits per heavy atom. The van der Waals surface area contributed by atoms with Crippen LogP contribution in [0.4, 0.5) is 18.9 Å². The first kappa shape index (κ1) is 20.0. The minimum Gasteiger partial charge on any atom is -0.323 e. The average Bonchev–Trinajstić information content (AvgIpc) is 2.52. The van der Waals surface area contributed by atoms with Gasteiger partial charge in [0.1, 0.15) is 0 Å². The predicted octanol–water partition coefficient (Wildman–Crippen LogP) is 4.41. The number of hydrogen-bond donors (Lipinski definition) is 1. The summed E-state index contributed by atoms with van der Waals surface area (Å²) in [5.41, 5.74) is -0.485. The fourth-order valence-corrected chi connectivity index (χ4v) is 2.86. The van der Waals surface area contributed by atoms with E-state index in [0.29, 0.717) is 5.69 Å². The maximum absolute atomic E-state index is 12.8. The molecule has 0 aliphatic heterocycles. The van der Waals surface area contributed by atoms with Crippen molar-refractivity contribution in [1.82, 2.24) is 0 Å². The number of benzene rings is 2. The number of nitrogens with one attached hydrogen (secondary N) is 1. The number of amides is 1. The molecule has 0 heterocycles. The highest BCUT2D eigenvalue weighted by molar-refractivity contribution is 7.90. The van der Waals surface area contributed by atoms with E-state index in [0.717, 1.165) is 24.5 Å². The first-order valence-corrected chi connectivity index (χ1v) is 9.40. The minimum atomic E-state index is -4.59. The van der Waals surface area contributed by atoms with Gasteiger partial charge in [0, 0.05) is 18.0 Å². The molecule has 0 aliphatic rings. The summed E-state index contributed by atoms with van der Waals surface area (Å²) in [5, 5.41) is 2.05. The van der Waals surface area contributed by atoms with E-state index in [9.17, 15) is 26.4 Å². The molecule has 4 nitrogen and oxygen atoms in total. The van der Waals surface area contributed by atoms with E-state index >= 15 is 0 Å². The first-order valence-electron chi connectivity index (χ1n) is 7.13. The van der Waals surface area contributed by atoms with Crippen molar-refractivity contribution >= 4 is 39.1 Å². The summed E-state index contributed by atoms with van der Waals surface area (Å²) in [6, 6.07) is 8.78. The Kier molecular flexibility index (Phi) is 5.77. The SMILES string of the molecule is CS(=O)(=O)c1ccc(NC(=O)/C=C/c2ccc(Cl)c(C(F)(F)F)c2)cc1. The van der Waals surface area contributed by atoms with Crippen LogP contribution in [-0.4, -0.2) is 20.6 Å². The zero-order valence-corrected chi connectivity index (χ0v) is 14.9. The van der Waals surface area contributed by atoms with Crippen LogP contribution in [0, 0.1) is 0 Å². The van der Waals surface area contributed by atoms with Crippen molar-refractivity contribution < 1.29 is 26.4 Å². The Hall–Kier alpha value is -2.32. The molecule has 0 bridgehead atoms. The third kappa shape index (κ3) is 5.34. The molecule has 0 saturated heterocycles. The smallest absolute Gasteiger partial charge is 0.323 e. The van der Waals surface area contributed by atoms with Crippen molar-refractivity contribution in [2.75, 3.05) is 11.6 Å². The van der Waals surface area contributed by atoms with Gasteiger partial charge in [-0.15, -0.1) is 0 Å². The summed E-state index contributed by atoms with van der Waals surface area (Å²) in [6.07, 6.45) is -1.26. The molecule has 0 radical (unpaired) electrons. The maximum Gasteiger partial charge on any atom is 0.417 e. The number of carbonyl (C=O) groups is 1. The molecule has 0 spiro atoms. The van der Waals surface area contributed by atoms with Gasteiger partial charge in [-0.1, -0.05) is 17.7 Å². The standard InChI is InChI=1S/C17H13ClF3NO3S/c1-26(24,25)13-6-4-12(5-7-13)22-16(23)9-3-11-2-8-15(18)14(10-11)17(19,20)21/h2-10H,1H3,(H,22,23)/b9-3+. The summed E-state index contributed by atoms with van der Waals surface area (Å²) in [6.45, 7) is 0. The van der Waals surface area contributed by atoms with Crippen LogP contribution in [0.1, 0.15) is 11.1 Å². The zero-order valence-electron chi connectivity index (χ0n) is 13.3. The molecule has 2 rings (SSSR count). The van der Waals surface area contributed by atoms with Crippen molar-refractivity contribution in [3.63, 3.8) is 0 Å². The van der Waals surface area contributed by atoms with Crippen LogP contribution in [0.5, 0.6) is 0 Å². The monoisotopic (exact) mass is 403 g/mol. The van der Waals surface area contributed by atoms with Gasteiger partial charge in [-0.05, 0) is 48.0 Å². The summed E-state index contributed by atoms with van der Waals surface area (Å²) in [4.78, 5) is 12.0. The van der Waals surface area contributed by atoms with Gasteiger partial charge >= 0.3 is 6.18 Å².